The first-order valence-corrected chi connectivity index (χ1v) is 7.89. The fraction of sp³-hybridized carbons (Fsp3) is 0.583. The molecule has 21 heavy (non-hydrogen) atoms. The van der Waals surface area contributed by atoms with Gasteiger partial charge in [0.25, 0.3) is 10.0 Å². The molecular formula is C12H18F3N3O2S. The third-order valence-electron chi connectivity index (χ3n) is 2.63. The van der Waals surface area contributed by atoms with Crippen LogP contribution in [0.1, 0.15) is 24.8 Å². The molecule has 0 saturated carbocycles. The van der Waals surface area contributed by atoms with Gasteiger partial charge >= 0.3 is 6.18 Å². The standard InChI is InChI=1S/C12H18F3N3O2S/c1-16-8-10-4-5-11(17-9-10)21(19,20)18-7-3-2-6-12(13,14)15/h4-5,9,16,18H,2-3,6-8H2,1H3. The second kappa shape index (κ2) is 7.71. The van der Waals surface area contributed by atoms with Gasteiger partial charge in [0.2, 0.25) is 0 Å². The fourth-order valence-electron chi connectivity index (χ4n) is 1.61. The highest BCUT2D eigenvalue weighted by Crippen LogP contribution is 2.21. The van der Waals surface area contributed by atoms with Gasteiger partial charge in [-0.15, -0.1) is 0 Å². The molecule has 120 valence electrons. The Hall–Kier alpha value is -1.19. The minimum absolute atomic E-state index is 0.0433. The maximum atomic E-state index is 11.9. The highest BCUT2D eigenvalue weighted by atomic mass is 32.2. The number of unbranched alkanes of at least 4 members (excludes halogenated alkanes) is 1. The minimum atomic E-state index is -4.20. The Balaban J connectivity index is 2.46. The van der Waals surface area contributed by atoms with Crippen LogP contribution in [0.15, 0.2) is 23.4 Å². The second-order valence-corrected chi connectivity index (χ2v) is 6.22. The average Bonchev–Trinajstić information content (AvgIpc) is 2.38. The van der Waals surface area contributed by atoms with Gasteiger partial charge in [-0.05, 0) is 31.5 Å². The molecule has 0 aliphatic heterocycles. The number of hydrogen-bond acceptors (Lipinski definition) is 4. The monoisotopic (exact) mass is 325 g/mol. The van der Waals surface area contributed by atoms with Crippen molar-refractivity contribution in [3.05, 3.63) is 23.9 Å². The molecule has 0 aliphatic carbocycles. The lowest BCUT2D eigenvalue weighted by molar-refractivity contribution is -0.135. The van der Waals surface area contributed by atoms with E-state index in [1.807, 2.05) is 0 Å². The summed E-state index contributed by atoms with van der Waals surface area (Å²) in [5.74, 6) is 0. The molecule has 1 aromatic heterocycles. The van der Waals surface area contributed by atoms with Gasteiger partial charge in [-0.3, -0.25) is 0 Å². The molecule has 1 heterocycles. The van der Waals surface area contributed by atoms with Crippen molar-refractivity contribution in [3.63, 3.8) is 0 Å². The van der Waals surface area contributed by atoms with Crippen molar-refractivity contribution < 1.29 is 21.6 Å². The first-order valence-electron chi connectivity index (χ1n) is 6.40. The van der Waals surface area contributed by atoms with Crippen molar-refractivity contribution in [3.8, 4) is 0 Å². The summed E-state index contributed by atoms with van der Waals surface area (Å²) in [6.07, 6.45) is -3.67. The number of alkyl halides is 3. The van der Waals surface area contributed by atoms with Crippen LogP contribution >= 0.6 is 0 Å². The molecule has 0 saturated heterocycles. The minimum Gasteiger partial charge on any atom is -0.316 e. The third kappa shape index (κ3) is 6.87. The zero-order chi connectivity index (χ0) is 15.9. The molecule has 0 fully saturated rings. The predicted molar refractivity (Wildman–Crippen MR) is 72.1 cm³/mol. The molecule has 2 N–H and O–H groups in total. The summed E-state index contributed by atoms with van der Waals surface area (Å²) >= 11 is 0. The molecule has 9 heteroatoms. The van der Waals surface area contributed by atoms with Crippen LogP contribution in [0.5, 0.6) is 0 Å². The van der Waals surface area contributed by atoms with E-state index < -0.39 is 22.6 Å². The number of nitrogens with one attached hydrogen (secondary N) is 2. The van der Waals surface area contributed by atoms with Gasteiger partial charge in [0.1, 0.15) is 0 Å². The first kappa shape index (κ1) is 17.9. The summed E-state index contributed by atoms with van der Waals surface area (Å²) in [6, 6.07) is 2.99. The van der Waals surface area contributed by atoms with E-state index in [9.17, 15) is 21.6 Å². The number of aromatic nitrogens is 1. The van der Waals surface area contributed by atoms with Gasteiger partial charge in [-0.2, -0.15) is 13.2 Å². The van der Waals surface area contributed by atoms with Crippen LogP contribution in [-0.2, 0) is 16.6 Å². The number of nitrogens with zero attached hydrogens (tertiary/aromatic N) is 1. The van der Waals surface area contributed by atoms with Crippen LogP contribution < -0.4 is 10.0 Å². The van der Waals surface area contributed by atoms with Crippen molar-refractivity contribution in [2.24, 2.45) is 0 Å². The number of hydrogen-bond donors (Lipinski definition) is 2. The molecular weight excluding hydrogens is 307 g/mol. The van der Waals surface area contributed by atoms with Crippen molar-refractivity contribution in [2.45, 2.75) is 37.0 Å². The zero-order valence-electron chi connectivity index (χ0n) is 11.6. The van der Waals surface area contributed by atoms with Crippen molar-refractivity contribution in [1.82, 2.24) is 15.0 Å². The van der Waals surface area contributed by atoms with Crippen molar-refractivity contribution >= 4 is 10.0 Å². The van der Waals surface area contributed by atoms with Gasteiger partial charge in [0.05, 0.1) is 0 Å². The summed E-state index contributed by atoms with van der Waals surface area (Å²) in [6.45, 7) is 0.524. The first-order chi connectivity index (χ1) is 9.74. The normalized spacial score (nSPS) is 12.6. The van der Waals surface area contributed by atoms with Crippen LogP contribution in [0.25, 0.3) is 0 Å². The predicted octanol–water partition coefficient (Wildman–Crippen LogP) is 1.81. The van der Waals surface area contributed by atoms with E-state index in [-0.39, 0.29) is 24.4 Å². The highest BCUT2D eigenvalue weighted by Gasteiger charge is 2.26. The van der Waals surface area contributed by atoms with Crippen LogP contribution in [0.4, 0.5) is 13.2 Å². The van der Waals surface area contributed by atoms with Crippen LogP contribution in [0, 0.1) is 0 Å². The lowest BCUT2D eigenvalue weighted by Gasteiger charge is -2.08. The van der Waals surface area contributed by atoms with Crippen molar-refractivity contribution in [1.29, 1.82) is 0 Å². The van der Waals surface area contributed by atoms with Gasteiger partial charge in [-0.25, -0.2) is 18.1 Å². The third-order valence-corrected chi connectivity index (χ3v) is 4.01. The average molecular weight is 325 g/mol. The SMILES string of the molecule is CNCc1ccc(S(=O)(=O)NCCCCC(F)(F)F)nc1. The summed E-state index contributed by atoms with van der Waals surface area (Å²) in [4.78, 5) is 3.84. The van der Waals surface area contributed by atoms with Gasteiger partial charge in [0, 0.05) is 25.7 Å². The summed E-state index contributed by atoms with van der Waals surface area (Å²) in [5.41, 5.74) is 0.835. The lowest BCUT2D eigenvalue weighted by atomic mass is 10.2. The number of sulfonamides is 1. The Morgan fingerprint density at radius 2 is 1.95 bits per heavy atom. The molecule has 0 amide bonds. The maximum absolute atomic E-state index is 11.9. The molecule has 5 nitrogen and oxygen atoms in total. The Bertz CT molecular complexity index is 530. The largest absolute Gasteiger partial charge is 0.389 e. The van der Waals surface area contributed by atoms with E-state index in [0.29, 0.717) is 6.54 Å². The van der Waals surface area contributed by atoms with Crippen molar-refractivity contribution in [2.75, 3.05) is 13.6 Å². The topological polar surface area (TPSA) is 71.1 Å². The quantitative estimate of drug-likeness (QED) is 0.715. The summed E-state index contributed by atoms with van der Waals surface area (Å²) in [7, 11) is -2.01. The summed E-state index contributed by atoms with van der Waals surface area (Å²) < 4.78 is 61.7. The molecule has 0 atom stereocenters. The summed E-state index contributed by atoms with van der Waals surface area (Å²) in [5, 5.41) is 2.77. The van der Waals surface area contributed by atoms with Crippen LogP contribution in [-0.4, -0.2) is 33.2 Å². The van der Waals surface area contributed by atoms with E-state index in [0.717, 1.165) is 5.56 Å². The molecule has 0 spiro atoms. The van der Waals surface area contributed by atoms with E-state index in [4.69, 9.17) is 0 Å². The van der Waals surface area contributed by atoms with E-state index in [1.54, 1.807) is 13.1 Å². The molecule has 1 rings (SSSR count). The van der Waals surface area contributed by atoms with E-state index in [2.05, 4.69) is 15.0 Å². The van der Waals surface area contributed by atoms with E-state index >= 15 is 0 Å². The molecule has 0 unspecified atom stereocenters. The molecule has 0 aromatic carbocycles. The lowest BCUT2D eigenvalue weighted by Crippen LogP contribution is -2.26. The van der Waals surface area contributed by atoms with E-state index in [1.165, 1.54) is 12.3 Å². The fourth-order valence-corrected chi connectivity index (χ4v) is 2.61. The maximum Gasteiger partial charge on any atom is 0.389 e. The number of rotatable bonds is 8. The second-order valence-electron chi connectivity index (χ2n) is 4.51. The van der Waals surface area contributed by atoms with Gasteiger partial charge < -0.3 is 5.32 Å². The Kier molecular flexibility index (Phi) is 6.56. The number of pyridine rings is 1. The molecule has 0 aliphatic rings. The molecule has 0 radical (unpaired) electrons. The highest BCUT2D eigenvalue weighted by molar-refractivity contribution is 7.89. The van der Waals surface area contributed by atoms with Crippen LogP contribution in [0.2, 0.25) is 0 Å². The molecule has 1 aromatic rings. The smallest absolute Gasteiger partial charge is 0.316 e. The molecule has 0 bridgehead atoms. The van der Waals surface area contributed by atoms with Gasteiger partial charge in [-0.1, -0.05) is 6.07 Å². The Labute approximate surface area is 122 Å². The van der Waals surface area contributed by atoms with Crippen LogP contribution in [0.3, 0.4) is 0 Å². The Morgan fingerprint density at radius 3 is 2.48 bits per heavy atom. The van der Waals surface area contributed by atoms with Gasteiger partial charge in [0.15, 0.2) is 5.03 Å². The zero-order valence-corrected chi connectivity index (χ0v) is 12.4. The Morgan fingerprint density at radius 1 is 1.24 bits per heavy atom. The number of halogens is 3.